The lowest BCUT2D eigenvalue weighted by Crippen LogP contribution is -2.25. The number of carbonyl (C=O) groups is 1. The molecule has 158 valence electrons. The highest BCUT2D eigenvalue weighted by atomic mass is 16.3. The lowest BCUT2D eigenvalue weighted by Gasteiger charge is -2.17. The van der Waals surface area contributed by atoms with Gasteiger partial charge in [0.25, 0.3) is 5.91 Å². The van der Waals surface area contributed by atoms with E-state index < -0.39 is 0 Å². The van der Waals surface area contributed by atoms with E-state index in [1.165, 1.54) is 16.7 Å². The van der Waals surface area contributed by atoms with Crippen LogP contribution in [0.15, 0.2) is 91.5 Å². The van der Waals surface area contributed by atoms with Gasteiger partial charge in [0.15, 0.2) is 0 Å². The summed E-state index contributed by atoms with van der Waals surface area (Å²) < 4.78 is 0. The summed E-state index contributed by atoms with van der Waals surface area (Å²) in [5.74, 6) is -0.210. The number of rotatable bonds is 9. The first-order chi connectivity index (χ1) is 15.2. The molecule has 1 amide bonds. The van der Waals surface area contributed by atoms with Crippen LogP contribution in [0.5, 0.6) is 0 Å². The zero-order chi connectivity index (χ0) is 22.1. The van der Waals surface area contributed by atoms with Crippen molar-refractivity contribution in [1.82, 2.24) is 5.32 Å². The minimum Gasteiger partial charge on any atom is -0.396 e. The Morgan fingerprint density at radius 1 is 0.806 bits per heavy atom. The maximum Gasteiger partial charge on any atom is 0.251 e. The quantitative estimate of drug-likeness (QED) is 0.275. The molecular formula is C28H29NO2. The summed E-state index contributed by atoms with van der Waals surface area (Å²) in [6.45, 7) is 6.61. The van der Waals surface area contributed by atoms with Crippen molar-refractivity contribution in [3.8, 4) is 0 Å². The first-order valence-corrected chi connectivity index (χ1v) is 10.7. The molecule has 0 aliphatic carbocycles. The Morgan fingerprint density at radius 3 is 1.87 bits per heavy atom. The fourth-order valence-corrected chi connectivity index (χ4v) is 3.64. The lowest BCUT2D eigenvalue weighted by molar-refractivity contribution is -0.115. The maximum atomic E-state index is 12.3. The molecule has 0 spiro atoms. The second kappa shape index (κ2) is 11.1. The average molecular weight is 412 g/mol. The van der Waals surface area contributed by atoms with Crippen molar-refractivity contribution in [1.29, 1.82) is 0 Å². The fourth-order valence-electron chi connectivity index (χ4n) is 3.64. The summed E-state index contributed by atoms with van der Waals surface area (Å²) >= 11 is 0. The van der Waals surface area contributed by atoms with Crippen LogP contribution in [0.4, 0.5) is 0 Å². The van der Waals surface area contributed by atoms with E-state index in [-0.39, 0.29) is 12.5 Å². The maximum absolute atomic E-state index is 12.3. The highest BCUT2D eigenvalue weighted by molar-refractivity contribution is 6.18. The predicted octanol–water partition coefficient (Wildman–Crippen LogP) is 5.57. The van der Waals surface area contributed by atoms with E-state index in [0.29, 0.717) is 18.5 Å². The highest BCUT2D eigenvalue weighted by Crippen LogP contribution is 2.34. The Labute approximate surface area is 184 Å². The van der Waals surface area contributed by atoms with Crippen LogP contribution in [0.25, 0.3) is 16.7 Å². The molecule has 0 fully saturated rings. The number of aliphatic hydroxyl groups excluding tert-OH is 1. The second-order valence-electron chi connectivity index (χ2n) is 7.33. The molecule has 0 aliphatic rings. The summed E-state index contributed by atoms with van der Waals surface area (Å²) in [4.78, 5) is 12.3. The standard InChI is InChI=1S/C28H29NO2/c1-3-26(23-11-6-4-7-12-23)27(24-13-8-5-9-14-24)25-17-15-22(16-18-25)21(2)28(31)29-19-10-20-30/h4-9,11-18,30H,2-3,10,19-20H2,1H3,(H,29,31). The molecule has 0 bridgehead atoms. The van der Waals surface area contributed by atoms with Gasteiger partial charge in [-0.2, -0.15) is 0 Å². The molecule has 0 saturated heterocycles. The van der Waals surface area contributed by atoms with Gasteiger partial charge in [0, 0.05) is 18.7 Å². The Balaban J connectivity index is 1.99. The van der Waals surface area contributed by atoms with Gasteiger partial charge in [0.05, 0.1) is 0 Å². The molecule has 0 aliphatic heterocycles. The lowest BCUT2D eigenvalue weighted by atomic mass is 9.87. The van der Waals surface area contributed by atoms with Crippen LogP contribution in [0, 0.1) is 0 Å². The van der Waals surface area contributed by atoms with Crippen LogP contribution >= 0.6 is 0 Å². The Hall–Kier alpha value is -3.43. The molecular weight excluding hydrogens is 382 g/mol. The van der Waals surface area contributed by atoms with Gasteiger partial charge in [0.2, 0.25) is 0 Å². The molecule has 0 aromatic heterocycles. The Bertz CT molecular complexity index is 1040. The van der Waals surface area contributed by atoms with Gasteiger partial charge in [-0.1, -0.05) is 98.4 Å². The molecule has 31 heavy (non-hydrogen) atoms. The van der Waals surface area contributed by atoms with E-state index in [4.69, 9.17) is 5.11 Å². The largest absolute Gasteiger partial charge is 0.396 e. The van der Waals surface area contributed by atoms with Gasteiger partial charge in [0.1, 0.15) is 0 Å². The topological polar surface area (TPSA) is 49.3 Å². The molecule has 0 heterocycles. The van der Waals surface area contributed by atoms with Crippen molar-refractivity contribution in [3.05, 3.63) is 114 Å². The number of amides is 1. The van der Waals surface area contributed by atoms with Crippen molar-refractivity contribution >= 4 is 22.6 Å². The Morgan fingerprint density at radius 2 is 1.32 bits per heavy atom. The van der Waals surface area contributed by atoms with Crippen molar-refractivity contribution in [2.75, 3.05) is 13.2 Å². The van der Waals surface area contributed by atoms with Crippen LogP contribution in [-0.2, 0) is 4.79 Å². The highest BCUT2D eigenvalue weighted by Gasteiger charge is 2.14. The zero-order valence-electron chi connectivity index (χ0n) is 18.0. The number of aliphatic hydroxyl groups is 1. The first-order valence-electron chi connectivity index (χ1n) is 10.7. The van der Waals surface area contributed by atoms with Crippen LogP contribution < -0.4 is 5.32 Å². The molecule has 3 rings (SSSR count). The monoisotopic (exact) mass is 411 g/mol. The smallest absolute Gasteiger partial charge is 0.251 e. The van der Waals surface area contributed by atoms with Gasteiger partial charge >= 0.3 is 0 Å². The zero-order valence-corrected chi connectivity index (χ0v) is 18.0. The summed E-state index contributed by atoms with van der Waals surface area (Å²) in [5, 5.41) is 11.7. The van der Waals surface area contributed by atoms with E-state index in [0.717, 1.165) is 23.1 Å². The average Bonchev–Trinajstić information content (AvgIpc) is 2.83. The Kier molecular flexibility index (Phi) is 7.97. The normalized spacial score (nSPS) is 11.5. The van der Waals surface area contributed by atoms with Gasteiger partial charge in [-0.3, -0.25) is 4.79 Å². The molecule has 3 aromatic carbocycles. The summed E-state index contributed by atoms with van der Waals surface area (Å²) in [5.41, 5.74) is 7.16. The van der Waals surface area contributed by atoms with E-state index in [9.17, 15) is 4.79 Å². The summed E-state index contributed by atoms with van der Waals surface area (Å²) in [6.07, 6.45) is 1.43. The molecule has 0 unspecified atom stereocenters. The minimum absolute atomic E-state index is 0.0528. The second-order valence-corrected chi connectivity index (χ2v) is 7.33. The van der Waals surface area contributed by atoms with Crippen LogP contribution in [0.1, 0.15) is 42.0 Å². The number of nitrogens with one attached hydrogen (secondary N) is 1. The number of hydrogen-bond acceptors (Lipinski definition) is 2. The molecule has 3 heteroatoms. The summed E-state index contributed by atoms with van der Waals surface area (Å²) in [6, 6.07) is 28.9. The third-order valence-electron chi connectivity index (χ3n) is 5.26. The van der Waals surface area contributed by atoms with E-state index in [2.05, 4.69) is 79.5 Å². The SMILES string of the molecule is C=C(C(=O)NCCCO)c1ccc(C(=C(CC)c2ccccc2)c2ccccc2)cc1. The molecule has 3 aromatic rings. The third kappa shape index (κ3) is 5.59. The van der Waals surface area contributed by atoms with E-state index >= 15 is 0 Å². The predicted molar refractivity (Wildman–Crippen MR) is 129 cm³/mol. The first kappa shape index (κ1) is 22.3. The minimum atomic E-state index is -0.210. The number of allylic oxidation sites excluding steroid dienone is 1. The van der Waals surface area contributed by atoms with Crippen LogP contribution in [-0.4, -0.2) is 24.2 Å². The molecule has 0 atom stereocenters. The van der Waals surface area contributed by atoms with Crippen molar-refractivity contribution in [2.24, 2.45) is 0 Å². The van der Waals surface area contributed by atoms with Gasteiger partial charge in [-0.25, -0.2) is 0 Å². The molecule has 3 nitrogen and oxygen atoms in total. The number of benzene rings is 3. The van der Waals surface area contributed by atoms with Crippen LogP contribution in [0.3, 0.4) is 0 Å². The van der Waals surface area contributed by atoms with Gasteiger partial charge in [-0.05, 0) is 46.2 Å². The third-order valence-corrected chi connectivity index (χ3v) is 5.26. The fraction of sp³-hybridized carbons (Fsp3) is 0.179. The molecule has 2 N–H and O–H groups in total. The number of carbonyl (C=O) groups excluding carboxylic acids is 1. The van der Waals surface area contributed by atoms with Gasteiger partial charge < -0.3 is 10.4 Å². The van der Waals surface area contributed by atoms with E-state index in [1.807, 2.05) is 24.3 Å². The molecule has 0 saturated carbocycles. The van der Waals surface area contributed by atoms with Crippen molar-refractivity contribution < 1.29 is 9.90 Å². The van der Waals surface area contributed by atoms with Gasteiger partial charge in [-0.15, -0.1) is 0 Å². The van der Waals surface area contributed by atoms with Crippen molar-refractivity contribution in [2.45, 2.75) is 19.8 Å². The van der Waals surface area contributed by atoms with Crippen LogP contribution in [0.2, 0.25) is 0 Å². The molecule has 0 radical (unpaired) electrons. The number of hydrogen-bond donors (Lipinski definition) is 2. The van der Waals surface area contributed by atoms with Crippen molar-refractivity contribution in [3.63, 3.8) is 0 Å². The summed E-state index contributed by atoms with van der Waals surface area (Å²) in [7, 11) is 0. The van der Waals surface area contributed by atoms with E-state index in [1.54, 1.807) is 0 Å².